The predicted molar refractivity (Wildman–Crippen MR) is 74.1 cm³/mol. The van der Waals surface area contributed by atoms with Crippen molar-refractivity contribution in [3.05, 3.63) is 29.1 Å². The van der Waals surface area contributed by atoms with Gasteiger partial charge in [0.05, 0.1) is 0 Å². The second-order valence-electron chi connectivity index (χ2n) is 4.49. The molecule has 0 aromatic heterocycles. The first-order chi connectivity index (χ1) is 8.08. The molecule has 0 saturated heterocycles. The summed E-state index contributed by atoms with van der Waals surface area (Å²) in [4.78, 5) is 0.764. The zero-order chi connectivity index (χ0) is 12.8. The molecule has 96 valence electrons. The summed E-state index contributed by atoms with van der Waals surface area (Å²) in [5, 5.41) is 0. The zero-order valence-electron chi connectivity index (χ0n) is 10.9. The summed E-state index contributed by atoms with van der Waals surface area (Å²) in [6.45, 7) is 4.02. The largest absolute Gasteiger partial charge is 0.328 e. The highest BCUT2D eigenvalue weighted by molar-refractivity contribution is 7.98. The molecular weight excluding hydrogens is 233 g/mol. The lowest BCUT2D eigenvalue weighted by Crippen LogP contribution is -2.14. The monoisotopic (exact) mass is 255 g/mol. The fourth-order valence-corrected chi connectivity index (χ4v) is 2.48. The van der Waals surface area contributed by atoms with Crippen molar-refractivity contribution in [3.63, 3.8) is 0 Å². The van der Waals surface area contributed by atoms with Crippen LogP contribution in [0.5, 0.6) is 0 Å². The molecule has 0 amide bonds. The van der Waals surface area contributed by atoms with Crippen molar-refractivity contribution in [2.75, 3.05) is 6.26 Å². The number of thioether (sulfide) groups is 1. The van der Waals surface area contributed by atoms with E-state index in [2.05, 4.69) is 0 Å². The number of hydrogen-bond donors (Lipinski definition) is 1. The molecule has 1 rings (SSSR count). The fraction of sp³-hybridized carbons (Fsp3) is 0.571. The van der Waals surface area contributed by atoms with E-state index < -0.39 is 0 Å². The number of benzene rings is 1. The van der Waals surface area contributed by atoms with Crippen LogP contribution in [0, 0.1) is 5.82 Å². The van der Waals surface area contributed by atoms with Gasteiger partial charge in [0.2, 0.25) is 0 Å². The van der Waals surface area contributed by atoms with Crippen LogP contribution in [0.15, 0.2) is 17.0 Å². The van der Waals surface area contributed by atoms with Gasteiger partial charge in [0.1, 0.15) is 5.82 Å². The topological polar surface area (TPSA) is 26.0 Å². The molecule has 1 aromatic carbocycles. The number of halogens is 1. The normalized spacial score (nSPS) is 12.8. The van der Waals surface area contributed by atoms with Crippen molar-refractivity contribution in [1.29, 1.82) is 0 Å². The minimum Gasteiger partial charge on any atom is -0.328 e. The number of rotatable bonds is 6. The Kier molecular flexibility index (Phi) is 6.00. The van der Waals surface area contributed by atoms with Gasteiger partial charge in [0.25, 0.3) is 0 Å². The van der Waals surface area contributed by atoms with Crippen LogP contribution in [-0.4, -0.2) is 12.3 Å². The predicted octanol–water partition coefficient (Wildman–Crippen LogP) is 3.78. The first-order valence-corrected chi connectivity index (χ1v) is 7.41. The maximum atomic E-state index is 13.9. The van der Waals surface area contributed by atoms with Crippen LogP contribution in [0.3, 0.4) is 0 Å². The van der Waals surface area contributed by atoms with Crippen molar-refractivity contribution >= 4 is 11.8 Å². The molecule has 0 heterocycles. The second kappa shape index (κ2) is 7.02. The van der Waals surface area contributed by atoms with Crippen LogP contribution in [0.4, 0.5) is 4.39 Å². The lowest BCUT2D eigenvalue weighted by atomic mass is 10.0. The van der Waals surface area contributed by atoms with E-state index in [1.807, 2.05) is 32.2 Å². The van der Waals surface area contributed by atoms with Gasteiger partial charge in [0, 0.05) is 10.9 Å². The van der Waals surface area contributed by atoms with Crippen molar-refractivity contribution in [2.45, 2.75) is 50.5 Å². The SMILES string of the molecule is CCc1cc(CCCC(C)N)cc(SC)c1F. The molecule has 0 bridgehead atoms. The van der Waals surface area contributed by atoms with Crippen LogP contribution in [-0.2, 0) is 12.8 Å². The number of hydrogen-bond acceptors (Lipinski definition) is 2. The van der Waals surface area contributed by atoms with Crippen molar-refractivity contribution < 1.29 is 4.39 Å². The van der Waals surface area contributed by atoms with E-state index in [-0.39, 0.29) is 11.9 Å². The first kappa shape index (κ1) is 14.5. The Morgan fingerprint density at radius 1 is 1.41 bits per heavy atom. The van der Waals surface area contributed by atoms with Crippen molar-refractivity contribution in [1.82, 2.24) is 0 Å². The van der Waals surface area contributed by atoms with Crippen LogP contribution in [0.1, 0.15) is 37.8 Å². The van der Waals surface area contributed by atoms with Crippen molar-refractivity contribution in [3.8, 4) is 0 Å². The Morgan fingerprint density at radius 2 is 2.12 bits per heavy atom. The Hall–Kier alpha value is -0.540. The van der Waals surface area contributed by atoms with Gasteiger partial charge in [-0.2, -0.15) is 0 Å². The van der Waals surface area contributed by atoms with Gasteiger partial charge in [-0.05, 0) is 56.1 Å². The van der Waals surface area contributed by atoms with E-state index >= 15 is 0 Å². The van der Waals surface area contributed by atoms with Gasteiger partial charge < -0.3 is 5.73 Å². The average molecular weight is 255 g/mol. The third-order valence-corrected chi connectivity index (χ3v) is 3.64. The molecule has 1 atom stereocenters. The van der Waals surface area contributed by atoms with E-state index in [0.717, 1.165) is 36.1 Å². The van der Waals surface area contributed by atoms with Gasteiger partial charge in [-0.15, -0.1) is 11.8 Å². The van der Waals surface area contributed by atoms with E-state index in [0.29, 0.717) is 0 Å². The molecule has 17 heavy (non-hydrogen) atoms. The summed E-state index contributed by atoms with van der Waals surface area (Å²) in [6.07, 6.45) is 5.75. The Balaban J connectivity index is 2.78. The van der Waals surface area contributed by atoms with Gasteiger partial charge in [-0.1, -0.05) is 13.0 Å². The van der Waals surface area contributed by atoms with E-state index in [4.69, 9.17) is 5.73 Å². The molecule has 1 nitrogen and oxygen atoms in total. The first-order valence-electron chi connectivity index (χ1n) is 6.19. The van der Waals surface area contributed by atoms with Crippen LogP contribution >= 0.6 is 11.8 Å². The second-order valence-corrected chi connectivity index (χ2v) is 5.34. The van der Waals surface area contributed by atoms with Crippen LogP contribution in [0.25, 0.3) is 0 Å². The van der Waals surface area contributed by atoms with E-state index in [9.17, 15) is 4.39 Å². The molecule has 3 heteroatoms. The number of aryl methyl sites for hydroxylation is 2. The van der Waals surface area contributed by atoms with Gasteiger partial charge in [0.15, 0.2) is 0 Å². The van der Waals surface area contributed by atoms with E-state index in [1.54, 1.807) is 0 Å². The molecule has 1 unspecified atom stereocenters. The molecule has 0 aliphatic carbocycles. The Labute approximate surface area is 108 Å². The number of nitrogens with two attached hydrogens (primary N) is 1. The summed E-state index contributed by atoms with van der Waals surface area (Å²) in [6, 6.07) is 4.22. The van der Waals surface area contributed by atoms with Gasteiger partial charge in [-0.3, -0.25) is 0 Å². The summed E-state index contributed by atoms with van der Waals surface area (Å²) in [5.74, 6) is -0.0454. The molecule has 1 aromatic rings. The highest BCUT2D eigenvalue weighted by Gasteiger charge is 2.09. The third kappa shape index (κ3) is 4.32. The highest BCUT2D eigenvalue weighted by Crippen LogP contribution is 2.25. The molecule has 0 spiro atoms. The summed E-state index contributed by atoms with van der Waals surface area (Å²) in [5.41, 5.74) is 7.79. The third-order valence-electron chi connectivity index (χ3n) is 2.90. The lowest BCUT2D eigenvalue weighted by Gasteiger charge is -2.10. The molecular formula is C14H22FNS. The van der Waals surface area contributed by atoms with Crippen molar-refractivity contribution in [2.24, 2.45) is 5.73 Å². The maximum absolute atomic E-state index is 13.9. The quantitative estimate of drug-likeness (QED) is 0.783. The standard InChI is InChI=1S/C14H22FNS/c1-4-12-8-11(7-5-6-10(2)16)9-13(17-3)14(12)15/h8-10H,4-7,16H2,1-3H3. The van der Waals surface area contributed by atoms with Crippen LogP contribution < -0.4 is 5.73 Å². The minimum absolute atomic E-state index is 0.0454. The van der Waals surface area contributed by atoms with Gasteiger partial charge >= 0.3 is 0 Å². The molecule has 0 aliphatic rings. The smallest absolute Gasteiger partial charge is 0.139 e. The fourth-order valence-electron chi connectivity index (χ4n) is 1.90. The Morgan fingerprint density at radius 3 is 2.65 bits per heavy atom. The molecule has 0 saturated carbocycles. The zero-order valence-corrected chi connectivity index (χ0v) is 11.7. The summed E-state index contributed by atoms with van der Waals surface area (Å²) >= 11 is 1.48. The van der Waals surface area contributed by atoms with Crippen LogP contribution in [0.2, 0.25) is 0 Å². The van der Waals surface area contributed by atoms with Gasteiger partial charge in [-0.25, -0.2) is 4.39 Å². The average Bonchev–Trinajstić information content (AvgIpc) is 2.30. The maximum Gasteiger partial charge on any atom is 0.139 e. The van der Waals surface area contributed by atoms with E-state index in [1.165, 1.54) is 17.3 Å². The molecule has 2 N–H and O–H groups in total. The molecule has 0 radical (unpaired) electrons. The minimum atomic E-state index is -0.0454. The summed E-state index contributed by atoms with van der Waals surface area (Å²) in [7, 11) is 0. The molecule has 0 fully saturated rings. The highest BCUT2D eigenvalue weighted by atomic mass is 32.2. The Bertz CT molecular complexity index is 338. The molecule has 0 aliphatic heterocycles. The lowest BCUT2D eigenvalue weighted by molar-refractivity contribution is 0.582. The summed E-state index contributed by atoms with van der Waals surface area (Å²) < 4.78 is 13.9.